The summed E-state index contributed by atoms with van der Waals surface area (Å²) in [5, 5.41) is 13.0. The Balaban J connectivity index is 1.21. The van der Waals surface area contributed by atoms with Crippen LogP contribution in [0, 0.1) is 0 Å². The molecular formula is C39H63N9O10P2S3Si2. The first-order valence-electron chi connectivity index (χ1n) is 22.0. The largest absolute Gasteiger partial charge is 0.408 e. The summed E-state index contributed by atoms with van der Waals surface area (Å²) in [6.45, 7) is 16.9. The van der Waals surface area contributed by atoms with Gasteiger partial charge < -0.3 is 57.5 Å². The van der Waals surface area contributed by atoms with Gasteiger partial charge in [0.05, 0.1) is 31.8 Å². The first kappa shape index (κ1) is 49.9. The predicted octanol–water partition coefficient (Wildman–Crippen LogP) is 6.90. The van der Waals surface area contributed by atoms with Crippen molar-refractivity contribution in [2.75, 3.05) is 37.4 Å². The van der Waals surface area contributed by atoms with Crippen LogP contribution in [0.3, 0.4) is 0 Å². The molecule has 26 heteroatoms. The predicted molar refractivity (Wildman–Crippen MR) is 263 cm³/mol. The summed E-state index contributed by atoms with van der Waals surface area (Å²) in [4.78, 5) is 35.2. The molecule has 10 atom stereocenters. The Hall–Kier alpha value is -1.55. The van der Waals surface area contributed by atoms with E-state index in [1.807, 2.05) is 4.57 Å². The molecule has 360 valence electrons. The molecule has 0 amide bonds. The van der Waals surface area contributed by atoms with Gasteiger partial charge in [0.1, 0.15) is 54.1 Å². The van der Waals surface area contributed by atoms with Gasteiger partial charge in [-0.05, 0) is 91.1 Å². The van der Waals surface area contributed by atoms with E-state index in [9.17, 15) is 10.00 Å². The Bertz CT molecular complexity index is 2510. The van der Waals surface area contributed by atoms with Crippen LogP contribution in [0.2, 0.25) is 36.3 Å². The molecule has 0 aromatic carbocycles. The van der Waals surface area contributed by atoms with Crippen LogP contribution in [0.15, 0.2) is 18.9 Å². The van der Waals surface area contributed by atoms with E-state index in [-0.39, 0.29) is 48.2 Å². The van der Waals surface area contributed by atoms with E-state index >= 15 is 0 Å². The average Bonchev–Trinajstić information content (AvgIpc) is 3.92. The summed E-state index contributed by atoms with van der Waals surface area (Å²) in [6, 6.07) is 0. The lowest BCUT2D eigenvalue weighted by Gasteiger charge is -2.41. The number of rotatable bonds is 9. The maximum atomic E-state index is 12.2. The summed E-state index contributed by atoms with van der Waals surface area (Å²) in [7, 11) is -5.20. The van der Waals surface area contributed by atoms with Crippen molar-refractivity contribution in [2.45, 2.75) is 153 Å². The van der Waals surface area contributed by atoms with Crippen LogP contribution < -0.4 is 11.1 Å². The monoisotopic (exact) mass is 1030 g/mol. The molecule has 4 aromatic rings. The summed E-state index contributed by atoms with van der Waals surface area (Å²) >= 11 is 17.0. The summed E-state index contributed by atoms with van der Waals surface area (Å²) in [6.07, 6.45) is 1.76. The van der Waals surface area contributed by atoms with Gasteiger partial charge in [0.2, 0.25) is 11.6 Å². The Morgan fingerprint density at radius 1 is 0.862 bits per heavy atom. The zero-order chi connectivity index (χ0) is 47.1. The van der Waals surface area contributed by atoms with E-state index in [0.29, 0.717) is 11.2 Å². The van der Waals surface area contributed by atoms with E-state index in [1.54, 1.807) is 10.9 Å². The highest BCUT2D eigenvalue weighted by Gasteiger charge is 2.57. The second kappa shape index (κ2) is 18.3. The molecule has 0 spiro atoms. The third-order valence-corrected chi connectivity index (χ3v) is 26.3. The molecule has 0 radical (unpaired) electrons. The van der Waals surface area contributed by atoms with Crippen molar-refractivity contribution < 1.29 is 46.4 Å². The molecule has 0 saturated carbocycles. The lowest BCUT2D eigenvalue weighted by molar-refractivity contribution is -0.0564. The highest BCUT2D eigenvalue weighted by atomic mass is 32.9. The van der Waals surface area contributed by atoms with Crippen LogP contribution in [0.4, 0.5) is 11.8 Å². The fourth-order valence-corrected chi connectivity index (χ4v) is 14.1. The second-order valence-electron chi connectivity index (χ2n) is 20.2. The molecule has 2 unspecified atom stereocenters. The van der Waals surface area contributed by atoms with Gasteiger partial charge in [-0.3, -0.25) is 9.09 Å². The number of aryl methyl sites for hydroxylation is 2. The number of hydrogen-bond acceptors (Lipinski definition) is 18. The van der Waals surface area contributed by atoms with Crippen LogP contribution >= 0.6 is 24.7 Å². The van der Waals surface area contributed by atoms with Crippen molar-refractivity contribution in [3.8, 4) is 0 Å². The van der Waals surface area contributed by atoms with Crippen molar-refractivity contribution in [1.29, 1.82) is 0 Å². The van der Waals surface area contributed by atoms with Crippen LogP contribution in [-0.4, -0.2) is 124 Å². The topological polar surface area (TPSA) is 227 Å². The zero-order valence-electron chi connectivity index (χ0n) is 38.5. The van der Waals surface area contributed by atoms with Crippen molar-refractivity contribution >= 4 is 98.9 Å². The van der Waals surface area contributed by atoms with E-state index in [0.717, 1.165) is 48.0 Å². The zero-order valence-corrected chi connectivity index (χ0v) is 44.9. The maximum absolute atomic E-state index is 12.2. The molecule has 8 rings (SSSR count). The number of nitrogens with two attached hydrogens (primary N) is 1. The summed E-state index contributed by atoms with van der Waals surface area (Å²) < 4.78 is 58.3. The first-order valence-corrected chi connectivity index (χ1v) is 34.2. The number of hydrogen-bond donors (Lipinski definition) is 5. The van der Waals surface area contributed by atoms with Crippen LogP contribution in [0.25, 0.3) is 22.2 Å². The molecule has 65 heavy (non-hydrogen) atoms. The van der Waals surface area contributed by atoms with Gasteiger partial charge in [0, 0.05) is 18.1 Å². The number of aliphatic hydroxyl groups is 1. The summed E-state index contributed by atoms with van der Waals surface area (Å²) in [5.74, 6) is 0.292. The first-order chi connectivity index (χ1) is 30.3. The van der Waals surface area contributed by atoms with Crippen molar-refractivity contribution in [1.82, 2.24) is 34.1 Å². The minimum absolute atomic E-state index is 0.113. The number of imidazole rings is 1. The minimum atomic E-state index is -4.14. The van der Waals surface area contributed by atoms with Crippen molar-refractivity contribution in [3.05, 3.63) is 30.1 Å². The molecular weight excluding hydrogens is 969 g/mol. The number of thiol groups is 1. The molecule has 3 saturated heterocycles. The van der Waals surface area contributed by atoms with Crippen LogP contribution in [0.5, 0.6) is 0 Å². The number of fused-ring (bicyclic) bond motifs is 4. The molecule has 3 aliphatic heterocycles. The highest BCUT2D eigenvalue weighted by molar-refractivity contribution is 8.60. The van der Waals surface area contributed by atoms with E-state index < -0.39 is 78.1 Å². The van der Waals surface area contributed by atoms with Gasteiger partial charge in [0.15, 0.2) is 40.6 Å². The van der Waals surface area contributed by atoms with Gasteiger partial charge in [-0.15, -0.1) is 0 Å². The van der Waals surface area contributed by atoms with Gasteiger partial charge in [-0.25, -0.2) is 15.0 Å². The Morgan fingerprint density at radius 2 is 1.52 bits per heavy atom. The number of aliphatic hydroxyl groups excluding tert-OH is 1. The third kappa shape index (κ3) is 10.1. The number of nitrogen functional groups attached to an aromatic ring is 1. The van der Waals surface area contributed by atoms with E-state index in [1.165, 1.54) is 6.33 Å². The lowest BCUT2D eigenvalue weighted by atomic mass is 10.1. The molecule has 19 nitrogen and oxygen atoms in total. The Kier molecular flexibility index (Phi) is 14.1. The van der Waals surface area contributed by atoms with Crippen LogP contribution in [0.1, 0.15) is 78.1 Å². The van der Waals surface area contributed by atoms with Gasteiger partial charge in [-0.1, -0.05) is 53.8 Å². The number of nitrogens with one attached hydrogen (secondary N) is 1. The van der Waals surface area contributed by atoms with Crippen molar-refractivity contribution in [2.24, 2.45) is 0 Å². The molecule has 3 fully saturated rings. The smallest absolute Gasteiger partial charge is 0.325 e. The van der Waals surface area contributed by atoms with Crippen molar-refractivity contribution in [3.63, 3.8) is 0 Å². The molecule has 4 aliphatic rings. The number of ether oxygens (including phenoxy) is 2. The number of aromatic nitrogens is 7. The summed E-state index contributed by atoms with van der Waals surface area (Å²) in [5.41, 5.74) is 6.31. The third-order valence-electron chi connectivity index (χ3n) is 13.6. The normalized spacial score (nSPS) is 31.9. The fourth-order valence-electron chi connectivity index (χ4n) is 8.16. The molecule has 5 N–H and O–H groups in total. The van der Waals surface area contributed by atoms with E-state index in [2.05, 4.69) is 99.2 Å². The Labute approximate surface area is 397 Å². The second-order valence-corrected chi connectivity index (χ2v) is 37.7. The fraction of sp³-hybridized carbons (Fsp3) is 0.718. The van der Waals surface area contributed by atoms with Gasteiger partial charge in [0.25, 0.3) is 0 Å². The highest BCUT2D eigenvalue weighted by Crippen LogP contribution is 2.60. The molecule has 7 heterocycles. The average molecular weight is 1030 g/mol. The lowest BCUT2D eigenvalue weighted by Crippen LogP contribution is -2.50. The van der Waals surface area contributed by atoms with E-state index in [4.69, 9.17) is 83.0 Å². The number of anilines is 2. The quantitative estimate of drug-likeness (QED) is 0.0653. The molecule has 1 aliphatic carbocycles. The molecule has 2 bridgehead atoms. The Morgan fingerprint density at radius 3 is 2.22 bits per heavy atom. The molecule has 4 aromatic heterocycles. The number of nitrogens with zero attached hydrogens (tertiary/aromatic N) is 7. The SMILES string of the molecule is CC(C)(C)[Si](C)(C)O[C@@H]1[C@@H]2OP(O)(=S)OC[C@H]3O[C@@H](n4cnc5c(N)nc(NCCO)nc54)[C@H](OP(=S)(S)OC[C@H]2O[C@H]1n1cc2c4c(ncnc41)CCCC2)[C@@H]3O[Si](C)(C)C(C)(C)C. The van der Waals surface area contributed by atoms with Gasteiger partial charge >= 0.3 is 6.72 Å². The van der Waals surface area contributed by atoms with Crippen LogP contribution in [-0.2, 0) is 72.9 Å². The van der Waals surface area contributed by atoms with Gasteiger partial charge in [-0.2, -0.15) is 9.97 Å². The minimum Gasteiger partial charge on any atom is -0.408 e. The maximum Gasteiger partial charge on any atom is 0.325 e. The standard InChI is InChI=1S/C39H63N9O10P2S3Si2/c1-38(2,3)64(7,8)57-29-25-18-51-59(50,61)55-28-24(19-52-60(62,63)56-30(29)35(54-25)48-21-44-27-32(40)45-37(41-15-16-49)46-34(27)48)53-36(31(28)58-65(9,10)39(4,5)6)47-17-22-13-11-12-14-23-26(22)33(47)43-20-42-23/h17,20-21,24-25,28-31,35-36,49H,11-16,18-19H2,1-10H3,(H,50,61)(H,62,63)(H3,40,41,45,46)/t24-,25-,28-,29-,30-,31-,35-,36-,59?/m1/s1.